The molecule has 1 aromatic rings. The molecule has 0 bridgehead atoms. The first-order valence-corrected chi connectivity index (χ1v) is 8.59. The molecule has 2 N–H and O–H groups in total. The Morgan fingerprint density at radius 2 is 2.14 bits per heavy atom. The lowest BCUT2D eigenvalue weighted by Crippen LogP contribution is -2.42. The molecule has 0 spiro atoms. The van der Waals surface area contributed by atoms with Crippen LogP contribution in [0.1, 0.15) is 12.8 Å². The SMILES string of the molecule is Cl.O=C(C1CC(O)CN1)N1CCC(CSc2ccccc2)C1. The smallest absolute Gasteiger partial charge is 0.239 e. The van der Waals surface area contributed by atoms with E-state index in [9.17, 15) is 9.90 Å². The molecule has 0 aliphatic carbocycles. The number of aliphatic hydroxyl groups excluding tert-OH is 1. The number of rotatable bonds is 4. The van der Waals surface area contributed by atoms with Gasteiger partial charge in [-0.15, -0.1) is 24.2 Å². The number of nitrogens with one attached hydrogen (secondary N) is 1. The molecule has 1 aromatic carbocycles. The molecule has 122 valence electrons. The Morgan fingerprint density at radius 1 is 1.36 bits per heavy atom. The van der Waals surface area contributed by atoms with Crippen molar-refractivity contribution in [3.8, 4) is 0 Å². The third-order valence-electron chi connectivity index (χ3n) is 4.23. The van der Waals surface area contributed by atoms with Gasteiger partial charge >= 0.3 is 0 Å². The Labute approximate surface area is 142 Å². The van der Waals surface area contributed by atoms with Gasteiger partial charge in [0.1, 0.15) is 0 Å². The van der Waals surface area contributed by atoms with Gasteiger partial charge in [-0.3, -0.25) is 4.79 Å². The highest BCUT2D eigenvalue weighted by Gasteiger charge is 2.34. The van der Waals surface area contributed by atoms with Crippen LogP contribution in [0, 0.1) is 5.92 Å². The van der Waals surface area contributed by atoms with Crippen molar-refractivity contribution in [1.82, 2.24) is 10.2 Å². The maximum Gasteiger partial charge on any atom is 0.239 e. The van der Waals surface area contributed by atoms with E-state index in [-0.39, 0.29) is 30.5 Å². The second kappa shape index (κ2) is 8.20. The van der Waals surface area contributed by atoms with E-state index in [1.165, 1.54) is 4.90 Å². The first kappa shape index (κ1) is 17.6. The number of thioether (sulfide) groups is 1. The normalized spacial score (nSPS) is 27.7. The van der Waals surface area contributed by atoms with E-state index in [0.29, 0.717) is 18.9 Å². The van der Waals surface area contributed by atoms with E-state index in [4.69, 9.17) is 0 Å². The molecule has 2 aliphatic rings. The molecule has 0 saturated carbocycles. The number of likely N-dealkylation sites (tertiary alicyclic amines) is 1. The van der Waals surface area contributed by atoms with Crippen molar-refractivity contribution in [1.29, 1.82) is 0 Å². The fourth-order valence-corrected chi connectivity index (χ4v) is 4.08. The van der Waals surface area contributed by atoms with Crippen LogP contribution in [-0.4, -0.2) is 53.4 Å². The van der Waals surface area contributed by atoms with Crippen LogP contribution in [0.3, 0.4) is 0 Å². The summed E-state index contributed by atoms with van der Waals surface area (Å²) in [4.78, 5) is 15.6. The van der Waals surface area contributed by atoms with E-state index in [0.717, 1.165) is 25.3 Å². The Morgan fingerprint density at radius 3 is 2.82 bits per heavy atom. The van der Waals surface area contributed by atoms with Gasteiger partial charge in [0.05, 0.1) is 12.1 Å². The number of hydrogen-bond acceptors (Lipinski definition) is 4. The van der Waals surface area contributed by atoms with E-state index in [1.807, 2.05) is 22.7 Å². The number of β-amino-alcohol motifs (C(OH)–C–C–N with tert-alkyl or cyclic N) is 1. The largest absolute Gasteiger partial charge is 0.392 e. The minimum absolute atomic E-state index is 0. The Kier molecular flexibility index (Phi) is 6.56. The molecule has 0 aromatic heterocycles. The zero-order valence-corrected chi connectivity index (χ0v) is 14.1. The van der Waals surface area contributed by atoms with Gasteiger partial charge in [0, 0.05) is 30.3 Å². The van der Waals surface area contributed by atoms with Gasteiger partial charge < -0.3 is 15.3 Å². The van der Waals surface area contributed by atoms with Gasteiger partial charge in [-0.25, -0.2) is 0 Å². The zero-order valence-electron chi connectivity index (χ0n) is 12.5. The summed E-state index contributed by atoms with van der Waals surface area (Å²) in [7, 11) is 0. The number of carbonyl (C=O) groups is 1. The van der Waals surface area contributed by atoms with Crippen LogP contribution in [0.25, 0.3) is 0 Å². The number of carbonyl (C=O) groups excluding carboxylic acids is 1. The van der Waals surface area contributed by atoms with Crippen LogP contribution < -0.4 is 5.32 Å². The van der Waals surface area contributed by atoms with Crippen molar-refractivity contribution < 1.29 is 9.90 Å². The summed E-state index contributed by atoms with van der Waals surface area (Å²) in [5, 5.41) is 12.6. The van der Waals surface area contributed by atoms with Gasteiger partial charge in [-0.1, -0.05) is 18.2 Å². The lowest BCUT2D eigenvalue weighted by molar-refractivity contribution is -0.132. The lowest BCUT2D eigenvalue weighted by Gasteiger charge is -2.20. The van der Waals surface area contributed by atoms with Crippen molar-refractivity contribution in [2.24, 2.45) is 5.92 Å². The average molecular weight is 343 g/mol. The molecular weight excluding hydrogens is 320 g/mol. The number of hydrogen-bond donors (Lipinski definition) is 2. The molecule has 3 rings (SSSR count). The summed E-state index contributed by atoms with van der Waals surface area (Å²) in [5.74, 6) is 1.80. The van der Waals surface area contributed by atoms with Gasteiger partial charge in [0.25, 0.3) is 0 Å². The van der Waals surface area contributed by atoms with E-state index >= 15 is 0 Å². The highest BCUT2D eigenvalue weighted by Crippen LogP contribution is 2.26. The first-order valence-electron chi connectivity index (χ1n) is 7.60. The van der Waals surface area contributed by atoms with Crippen LogP contribution in [0.4, 0.5) is 0 Å². The number of halogens is 1. The third-order valence-corrected chi connectivity index (χ3v) is 5.48. The summed E-state index contributed by atoms with van der Waals surface area (Å²) in [5.41, 5.74) is 0. The summed E-state index contributed by atoms with van der Waals surface area (Å²) in [6.07, 6.45) is 1.27. The number of nitrogens with zero attached hydrogens (tertiary/aromatic N) is 1. The first-order chi connectivity index (χ1) is 10.2. The van der Waals surface area contributed by atoms with Crippen LogP contribution in [0.15, 0.2) is 35.2 Å². The fourth-order valence-electron chi connectivity index (χ4n) is 3.03. The number of amides is 1. The molecule has 22 heavy (non-hydrogen) atoms. The lowest BCUT2D eigenvalue weighted by atomic mass is 10.1. The minimum Gasteiger partial charge on any atom is -0.392 e. The van der Waals surface area contributed by atoms with Crippen LogP contribution in [0.2, 0.25) is 0 Å². The predicted octanol–water partition coefficient (Wildman–Crippen LogP) is 1.77. The van der Waals surface area contributed by atoms with Crippen LogP contribution in [-0.2, 0) is 4.79 Å². The van der Waals surface area contributed by atoms with Crippen molar-refractivity contribution in [2.75, 3.05) is 25.4 Å². The highest BCUT2D eigenvalue weighted by atomic mass is 35.5. The summed E-state index contributed by atoms with van der Waals surface area (Å²) < 4.78 is 0. The van der Waals surface area contributed by atoms with Crippen molar-refractivity contribution in [2.45, 2.75) is 29.9 Å². The summed E-state index contributed by atoms with van der Waals surface area (Å²) in [6, 6.07) is 10.2. The summed E-state index contributed by atoms with van der Waals surface area (Å²) in [6.45, 7) is 2.25. The molecule has 2 aliphatic heterocycles. The standard InChI is InChI=1S/C16H22N2O2S.ClH/c19-13-8-15(17-9-13)16(20)18-7-6-12(10-18)11-21-14-4-2-1-3-5-14;/h1-5,12-13,15,17,19H,6-11H2;1H. The average Bonchev–Trinajstić information content (AvgIpc) is 3.14. The van der Waals surface area contributed by atoms with Gasteiger partial charge in [0.2, 0.25) is 5.91 Å². The van der Waals surface area contributed by atoms with Crippen molar-refractivity contribution >= 4 is 30.1 Å². The quantitative estimate of drug-likeness (QED) is 0.819. The molecule has 1 amide bonds. The topological polar surface area (TPSA) is 52.6 Å². The number of benzene rings is 1. The molecule has 3 atom stereocenters. The van der Waals surface area contributed by atoms with E-state index < -0.39 is 0 Å². The molecule has 3 unspecified atom stereocenters. The molecule has 4 nitrogen and oxygen atoms in total. The molecular formula is C16H23ClN2O2S. The second-order valence-electron chi connectivity index (χ2n) is 5.91. The fraction of sp³-hybridized carbons (Fsp3) is 0.562. The van der Waals surface area contributed by atoms with E-state index in [2.05, 4.69) is 29.6 Å². The summed E-state index contributed by atoms with van der Waals surface area (Å²) >= 11 is 1.87. The Bertz CT molecular complexity index is 488. The molecule has 6 heteroatoms. The van der Waals surface area contributed by atoms with E-state index in [1.54, 1.807) is 0 Å². The van der Waals surface area contributed by atoms with Gasteiger partial charge in [0.15, 0.2) is 0 Å². The van der Waals surface area contributed by atoms with Gasteiger partial charge in [-0.05, 0) is 30.9 Å². The second-order valence-corrected chi connectivity index (χ2v) is 7.01. The van der Waals surface area contributed by atoms with Gasteiger partial charge in [-0.2, -0.15) is 0 Å². The van der Waals surface area contributed by atoms with Crippen molar-refractivity contribution in [3.05, 3.63) is 30.3 Å². The monoisotopic (exact) mass is 342 g/mol. The van der Waals surface area contributed by atoms with Crippen LogP contribution >= 0.6 is 24.2 Å². The number of aliphatic hydroxyl groups is 1. The zero-order chi connectivity index (χ0) is 14.7. The molecule has 2 fully saturated rings. The minimum atomic E-state index is -0.369. The third kappa shape index (κ3) is 4.38. The Hall–Kier alpha value is -0.750. The molecule has 2 saturated heterocycles. The maximum absolute atomic E-state index is 12.4. The predicted molar refractivity (Wildman–Crippen MR) is 91.5 cm³/mol. The van der Waals surface area contributed by atoms with Crippen LogP contribution in [0.5, 0.6) is 0 Å². The molecule has 0 radical (unpaired) electrons. The Balaban J connectivity index is 0.00000176. The highest BCUT2D eigenvalue weighted by molar-refractivity contribution is 7.99. The van der Waals surface area contributed by atoms with Crippen molar-refractivity contribution in [3.63, 3.8) is 0 Å². The molecule has 2 heterocycles. The maximum atomic E-state index is 12.4.